The molecule has 0 radical (unpaired) electrons. The van der Waals surface area contributed by atoms with Crippen LogP contribution in [0.4, 0.5) is 5.69 Å². The Hall–Kier alpha value is -1.97. The Morgan fingerprint density at radius 2 is 2.19 bits per heavy atom. The zero-order chi connectivity index (χ0) is 11.5. The van der Waals surface area contributed by atoms with Crippen molar-refractivity contribution in [3.05, 3.63) is 30.2 Å². The Morgan fingerprint density at radius 3 is 2.94 bits per heavy atom. The van der Waals surface area contributed by atoms with Crippen molar-refractivity contribution < 1.29 is 4.79 Å². The summed E-state index contributed by atoms with van der Waals surface area (Å²) >= 11 is 0. The minimum atomic E-state index is 0.00820. The lowest BCUT2D eigenvalue weighted by Gasteiger charge is -2.05. The minimum absolute atomic E-state index is 0.00820. The fourth-order valence-electron chi connectivity index (χ4n) is 1.51. The predicted octanol–water partition coefficient (Wildman–Crippen LogP) is 2.29. The highest BCUT2D eigenvalue weighted by Gasteiger charge is 2.03. The molecule has 0 saturated heterocycles. The van der Waals surface area contributed by atoms with Gasteiger partial charge < -0.3 is 5.32 Å². The van der Waals surface area contributed by atoms with Crippen LogP contribution in [0.2, 0.25) is 0 Å². The van der Waals surface area contributed by atoms with E-state index >= 15 is 0 Å². The summed E-state index contributed by atoms with van der Waals surface area (Å²) in [4.78, 5) is 19.5. The maximum absolute atomic E-state index is 11.3. The third-order valence-corrected chi connectivity index (χ3v) is 2.44. The van der Waals surface area contributed by atoms with Crippen molar-refractivity contribution in [3.63, 3.8) is 0 Å². The molecule has 1 aromatic heterocycles. The van der Waals surface area contributed by atoms with E-state index in [9.17, 15) is 4.79 Å². The highest BCUT2D eigenvalue weighted by molar-refractivity contribution is 5.93. The second kappa shape index (κ2) is 4.26. The molecule has 4 nitrogen and oxygen atoms in total. The lowest BCUT2D eigenvalue weighted by atomic mass is 10.2. The van der Waals surface area contributed by atoms with E-state index in [0.29, 0.717) is 6.42 Å². The lowest BCUT2D eigenvalue weighted by molar-refractivity contribution is -0.115. The fourth-order valence-corrected chi connectivity index (χ4v) is 1.51. The van der Waals surface area contributed by atoms with E-state index in [1.165, 1.54) is 0 Å². The number of aryl methyl sites for hydroxylation is 1. The molecule has 2 aromatic rings. The van der Waals surface area contributed by atoms with Crippen molar-refractivity contribution >= 4 is 22.5 Å². The first kappa shape index (κ1) is 10.5. The van der Waals surface area contributed by atoms with Crippen LogP contribution in [0.5, 0.6) is 0 Å². The van der Waals surface area contributed by atoms with Gasteiger partial charge in [-0.3, -0.25) is 4.79 Å². The predicted molar refractivity (Wildman–Crippen MR) is 63.2 cm³/mol. The van der Waals surface area contributed by atoms with Crippen molar-refractivity contribution in [1.82, 2.24) is 9.97 Å². The summed E-state index contributed by atoms with van der Waals surface area (Å²) in [6, 6.07) is 5.63. The lowest BCUT2D eigenvalue weighted by Crippen LogP contribution is -2.09. The van der Waals surface area contributed by atoms with E-state index in [0.717, 1.165) is 22.3 Å². The van der Waals surface area contributed by atoms with E-state index in [1.54, 1.807) is 6.33 Å². The molecule has 1 heterocycles. The number of carbonyl (C=O) groups excluding carboxylic acids is 1. The first-order valence-electron chi connectivity index (χ1n) is 5.22. The molecule has 0 aliphatic rings. The molecule has 16 heavy (non-hydrogen) atoms. The van der Waals surface area contributed by atoms with Crippen LogP contribution in [0.1, 0.15) is 19.0 Å². The summed E-state index contributed by atoms with van der Waals surface area (Å²) in [7, 11) is 0. The van der Waals surface area contributed by atoms with Gasteiger partial charge in [0.05, 0.1) is 5.52 Å². The van der Waals surface area contributed by atoms with Gasteiger partial charge in [0, 0.05) is 23.2 Å². The fraction of sp³-hybridized carbons (Fsp3) is 0.250. The molecule has 0 aliphatic carbocycles. The number of hydrogen-bond acceptors (Lipinski definition) is 3. The molecule has 0 bridgehead atoms. The van der Waals surface area contributed by atoms with Gasteiger partial charge in [0.15, 0.2) is 0 Å². The summed E-state index contributed by atoms with van der Waals surface area (Å²) < 4.78 is 0. The van der Waals surface area contributed by atoms with Crippen LogP contribution >= 0.6 is 0 Å². The van der Waals surface area contributed by atoms with Crippen LogP contribution in [0.3, 0.4) is 0 Å². The second-order valence-electron chi connectivity index (χ2n) is 3.59. The molecule has 0 fully saturated rings. The SMILES string of the molecule is CCC(=O)Nc1ccc2ncnc(C)c2c1. The van der Waals surface area contributed by atoms with Gasteiger partial charge in [-0.1, -0.05) is 6.92 Å². The average Bonchev–Trinajstić information content (AvgIpc) is 2.30. The number of nitrogens with one attached hydrogen (secondary N) is 1. The molecule has 1 N–H and O–H groups in total. The number of nitrogens with zero attached hydrogens (tertiary/aromatic N) is 2. The summed E-state index contributed by atoms with van der Waals surface area (Å²) in [6.45, 7) is 3.75. The van der Waals surface area contributed by atoms with E-state index in [1.807, 2.05) is 32.0 Å². The quantitative estimate of drug-likeness (QED) is 0.836. The standard InChI is InChI=1S/C12H13N3O/c1-3-12(16)15-9-4-5-11-10(6-9)8(2)13-7-14-11/h4-7H,3H2,1-2H3,(H,15,16). The van der Waals surface area contributed by atoms with E-state index in [-0.39, 0.29) is 5.91 Å². The number of hydrogen-bond donors (Lipinski definition) is 1. The van der Waals surface area contributed by atoms with Crippen molar-refractivity contribution in [2.45, 2.75) is 20.3 Å². The van der Waals surface area contributed by atoms with Crippen LogP contribution in [0.15, 0.2) is 24.5 Å². The minimum Gasteiger partial charge on any atom is -0.326 e. The van der Waals surface area contributed by atoms with Crippen molar-refractivity contribution in [2.75, 3.05) is 5.32 Å². The first-order chi connectivity index (χ1) is 7.70. The monoisotopic (exact) mass is 215 g/mol. The van der Waals surface area contributed by atoms with Gasteiger partial charge in [0.2, 0.25) is 5.91 Å². The number of amides is 1. The van der Waals surface area contributed by atoms with Crippen LogP contribution in [-0.4, -0.2) is 15.9 Å². The third-order valence-electron chi connectivity index (χ3n) is 2.44. The van der Waals surface area contributed by atoms with Gasteiger partial charge in [-0.2, -0.15) is 0 Å². The Morgan fingerprint density at radius 1 is 1.38 bits per heavy atom. The Kier molecular flexibility index (Phi) is 2.81. The molecular weight excluding hydrogens is 202 g/mol. The van der Waals surface area contributed by atoms with Gasteiger partial charge in [-0.15, -0.1) is 0 Å². The number of anilines is 1. The third kappa shape index (κ3) is 2.00. The first-order valence-corrected chi connectivity index (χ1v) is 5.22. The zero-order valence-electron chi connectivity index (χ0n) is 9.32. The summed E-state index contributed by atoms with van der Waals surface area (Å²) in [5, 5.41) is 3.79. The van der Waals surface area contributed by atoms with Crippen molar-refractivity contribution in [2.24, 2.45) is 0 Å². The van der Waals surface area contributed by atoms with Crippen LogP contribution < -0.4 is 5.32 Å². The highest BCUT2D eigenvalue weighted by Crippen LogP contribution is 2.19. The Labute approximate surface area is 93.7 Å². The highest BCUT2D eigenvalue weighted by atomic mass is 16.1. The number of carbonyl (C=O) groups is 1. The molecule has 1 aromatic carbocycles. The number of fused-ring (bicyclic) bond motifs is 1. The molecule has 4 heteroatoms. The zero-order valence-corrected chi connectivity index (χ0v) is 9.32. The van der Waals surface area contributed by atoms with Gasteiger partial charge in [-0.25, -0.2) is 9.97 Å². The largest absolute Gasteiger partial charge is 0.326 e. The average molecular weight is 215 g/mol. The maximum Gasteiger partial charge on any atom is 0.224 e. The molecule has 0 saturated carbocycles. The van der Waals surface area contributed by atoms with E-state index < -0.39 is 0 Å². The summed E-state index contributed by atoms with van der Waals surface area (Å²) in [6.07, 6.45) is 2.02. The molecule has 0 unspecified atom stereocenters. The topological polar surface area (TPSA) is 54.9 Å². The van der Waals surface area contributed by atoms with Gasteiger partial charge in [0.1, 0.15) is 6.33 Å². The molecular formula is C12H13N3O. The molecule has 0 spiro atoms. The number of rotatable bonds is 2. The molecule has 2 rings (SSSR count). The Bertz CT molecular complexity index is 537. The molecule has 1 amide bonds. The van der Waals surface area contributed by atoms with Crippen LogP contribution in [0.25, 0.3) is 10.9 Å². The van der Waals surface area contributed by atoms with Gasteiger partial charge >= 0.3 is 0 Å². The van der Waals surface area contributed by atoms with Crippen molar-refractivity contribution in [3.8, 4) is 0 Å². The van der Waals surface area contributed by atoms with Gasteiger partial charge in [0.25, 0.3) is 0 Å². The van der Waals surface area contributed by atoms with Crippen molar-refractivity contribution in [1.29, 1.82) is 0 Å². The summed E-state index contributed by atoms with van der Waals surface area (Å²) in [5.74, 6) is 0.00820. The summed E-state index contributed by atoms with van der Waals surface area (Å²) in [5.41, 5.74) is 2.59. The smallest absolute Gasteiger partial charge is 0.224 e. The number of benzene rings is 1. The van der Waals surface area contributed by atoms with Gasteiger partial charge in [-0.05, 0) is 25.1 Å². The molecule has 0 atom stereocenters. The van der Waals surface area contributed by atoms with E-state index in [4.69, 9.17) is 0 Å². The molecule has 0 aliphatic heterocycles. The Balaban J connectivity index is 2.43. The number of aromatic nitrogens is 2. The normalized spacial score (nSPS) is 10.4. The van der Waals surface area contributed by atoms with E-state index in [2.05, 4.69) is 15.3 Å². The molecule has 82 valence electrons. The maximum atomic E-state index is 11.3. The second-order valence-corrected chi connectivity index (χ2v) is 3.59. The van der Waals surface area contributed by atoms with Crippen LogP contribution in [-0.2, 0) is 4.79 Å². The van der Waals surface area contributed by atoms with Crippen LogP contribution in [0, 0.1) is 6.92 Å².